The molecule has 150 valence electrons. The number of nitrogens with one attached hydrogen (secondary N) is 2. The maximum atomic E-state index is 13.2. The van der Waals surface area contributed by atoms with Gasteiger partial charge in [0.05, 0.1) is 13.0 Å². The van der Waals surface area contributed by atoms with Gasteiger partial charge in [0.2, 0.25) is 5.91 Å². The lowest BCUT2D eigenvalue weighted by Crippen LogP contribution is -2.41. The van der Waals surface area contributed by atoms with E-state index in [0.29, 0.717) is 18.7 Å². The Morgan fingerprint density at radius 1 is 1.18 bits per heavy atom. The average molecular weight is 496 g/mol. The molecule has 1 aliphatic heterocycles. The van der Waals surface area contributed by atoms with Crippen molar-refractivity contribution in [2.75, 3.05) is 31.1 Å². The van der Waals surface area contributed by atoms with Crippen LogP contribution in [0.2, 0.25) is 0 Å². The highest BCUT2D eigenvalue weighted by atomic mass is 127. The largest absolute Gasteiger partial charge is 0.356 e. The predicted octanol–water partition coefficient (Wildman–Crippen LogP) is 3.13. The fourth-order valence-corrected chi connectivity index (χ4v) is 3.21. The third-order valence-electron chi connectivity index (χ3n) is 4.43. The van der Waals surface area contributed by atoms with Crippen molar-refractivity contribution in [1.29, 1.82) is 0 Å². The zero-order valence-corrected chi connectivity index (χ0v) is 18.3. The van der Waals surface area contributed by atoms with Gasteiger partial charge in [-0.2, -0.15) is 0 Å². The number of amides is 1. The molecule has 0 bridgehead atoms. The molecule has 2 aromatic rings. The lowest BCUT2D eigenvalue weighted by Gasteiger charge is -2.22. The number of nitrogens with zero attached hydrogens (tertiary/aromatic N) is 2. The van der Waals surface area contributed by atoms with E-state index in [2.05, 4.69) is 38.7 Å². The van der Waals surface area contributed by atoms with Gasteiger partial charge in [0.15, 0.2) is 5.96 Å². The molecule has 2 aromatic carbocycles. The van der Waals surface area contributed by atoms with Gasteiger partial charge in [0.25, 0.3) is 0 Å². The molecule has 0 aromatic heterocycles. The molecule has 0 aliphatic carbocycles. The topological polar surface area (TPSA) is 56.7 Å². The van der Waals surface area contributed by atoms with Gasteiger partial charge in [0.1, 0.15) is 5.82 Å². The summed E-state index contributed by atoms with van der Waals surface area (Å²) in [6.07, 6.45) is 1.17. The fourth-order valence-electron chi connectivity index (χ4n) is 3.21. The van der Waals surface area contributed by atoms with Crippen LogP contribution in [0.5, 0.6) is 0 Å². The van der Waals surface area contributed by atoms with E-state index in [4.69, 9.17) is 0 Å². The molecule has 1 aliphatic rings. The van der Waals surface area contributed by atoms with Crippen LogP contribution < -0.4 is 15.5 Å². The van der Waals surface area contributed by atoms with Crippen molar-refractivity contribution in [2.24, 2.45) is 4.99 Å². The number of halogens is 2. The summed E-state index contributed by atoms with van der Waals surface area (Å²) in [4.78, 5) is 18.8. The lowest BCUT2D eigenvalue weighted by atomic mass is 10.1. The van der Waals surface area contributed by atoms with Crippen LogP contribution in [0.3, 0.4) is 0 Å². The van der Waals surface area contributed by atoms with Gasteiger partial charge in [0, 0.05) is 25.3 Å². The monoisotopic (exact) mass is 496 g/mol. The molecule has 28 heavy (non-hydrogen) atoms. The Bertz CT molecular complexity index is 828. The van der Waals surface area contributed by atoms with Gasteiger partial charge in [-0.3, -0.25) is 9.79 Å². The van der Waals surface area contributed by atoms with E-state index in [1.807, 2.05) is 13.0 Å². The molecule has 3 rings (SSSR count). The maximum Gasteiger partial charge on any atom is 0.224 e. The van der Waals surface area contributed by atoms with Gasteiger partial charge >= 0.3 is 0 Å². The second-order valence-electron chi connectivity index (χ2n) is 6.42. The maximum absolute atomic E-state index is 13.2. The molecule has 0 atom stereocenters. The van der Waals surface area contributed by atoms with Gasteiger partial charge in [-0.05, 0) is 42.7 Å². The Hall–Kier alpha value is -2.16. The van der Waals surface area contributed by atoms with Crippen molar-refractivity contribution >= 4 is 41.5 Å². The Morgan fingerprint density at radius 3 is 2.79 bits per heavy atom. The van der Waals surface area contributed by atoms with Crippen molar-refractivity contribution in [3.8, 4) is 0 Å². The highest BCUT2D eigenvalue weighted by Gasteiger charge is 2.22. The van der Waals surface area contributed by atoms with Crippen LogP contribution in [0.25, 0.3) is 0 Å². The summed E-state index contributed by atoms with van der Waals surface area (Å²) in [5.74, 6) is 0.375. The molecule has 0 radical (unpaired) electrons. The van der Waals surface area contributed by atoms with Crippen molar-refractivity contribution in [2.45, 2.75) is 19.8 Å². The summed E-state index contributed by atoms with van der Waals surface area (Å²) >= 11 is 0. The van der Waals surface area contributed by atoms with E-state index in [1.54, 1.807) is 12.1 Å². The Labute approximate surface area is 182 Å². The molecule has 7 heteroatoms. The summed E-state index contributed by atoms with van der Waals surface area (Å²) in [7, 11) is 0. The molecule has 5 nitrogen and oxygen atoms in total. The van der Waals surface area contributed by atoms with E-state index < -0.39 is 0 Å². The molecular weight excluding hydrogens is 470 g/mol. The van der Waals surface area contributed by atoms with Crippen LogP contribution in [0.1, 0.15) is 18.1 Å². The number of rotatable bonds is 6. The average Bonchev–Trinajstić information content (AvgIpc) is 3.08. The van der Waals surface area contributed by atoms with Crippen LogP contribution in [0.4, 0.5) is 10.1 Å². The number of anilines is 1. The summed E-state index contributed by atoms with van der Waals surface area (Å²) < 4.78 is 13.2. The Kier molecular flexibility index (Phi) is 8.69. The minimum Gasteiger partial charge on any atom is -0.356 e. The standard InChI is InChI=1S/C21H25FN4O.HI/c1-2-23-21(26-13-10-17-7-3-4-9-19(17)26)25-12-11-24-20(27)15-16-6-5-8-18(22)14-16;/h3-9,14H,2,10-13,15H2,1H3,(H,23,25)(H,24,27);1H. The first-order valence-electron chi connectivity index (χ1n) is 9.32. The number of aliphatic imine (C=N–C) groups is 1. The van der Waals surface area contributed by atoms with Crippen LogP contribution in [-0.4, -0.2) is 38.0 Å². The number of para-hydroxylation sites is 1. The molecule has 0 unspecified atom stereocenters. The molecule has 1 heterocycles. The van der Waals surface area contributed by atoms with Crippen LogP contribution in [0.15, 0.2) is 53.5 Å². The normalized spacial score (nSPS) is 12.9. The molecular formula is C21H26FIN4O. The first-order chi connectivity index (χ1) is 13.2. The fraction of sp³-hybridized carbons (Fsp3) is 0.333. The Balaban J connectivity index is 0.00000280. The molecule has 0 spiro atoms. The zero-order valence-electron chi connectivity index (χ0n) is 16.0. The second-order valence-corrected chi connectivity index (χ2v) is 6.42. The predicted molar refractivity (Wildman–Crippen MR) is 122 cm³/mol. The van der Waals surface area contributed by atoms with E-state index in [-0.39, 0.29) is 42.1 Å². The minimum atomic E-state index is -0.328. The minimum absolute atomic E-state index is 0. The van der Waals surface area contributed by atoms with Crippen molar-refractivity contribution < 1.29 is 9.18 Å². The van der Waals surface area contributed by atoms with Gasteiger partial charge < -0.3 is 15.5 Å². The number of hydrogen-bond donors (Lipinski definition) is 2. The van der Waals surface area contributed by atoms with E-state index in [9.17, 15) is 9.18 Å². The van der Waals surface area contributed by atoms with Crippen LogP contribution >= 0.6 is 24.0 Å². The van der Waals surface area contributed by atoms with Crippen LogP contribution in [-0.2, 0) is 17.6 Å². The summed E-state index contributed by atoms with van der Waals surface area (Å²) in [5.41, 5.74) is 3.18. The number of guanidine groups is 1. The second kappa shape index (κ2) is 11.0. The number of hydrogen-bond acceptors (Lipinski definition) is 2. The molecule has 1 amide bonds. The summed E-state index contributed by atoms with van der Waals surface area (Å²) in [6, 6.07) is 14.4. The zero-order chi connectivity index (χ0) is 19.1. The van der Waals surface area contributed by atoms with E-state index in [1.165, 1.54) is 23.4 Å². The van der Waals surface area contributed by atoms with Crippen molar-refractivity contribution in [1.82, 2.24) is 10.6 Å². The highest BCUT2D eigenvalue weighted by molar-refractivity contribution is 14.0. The third kappa shape index (κ3) is 5.92. The third-order valence-corrected chi connectivity index (χ3v) is 4.43. The van der Waals surface area contributed by atoms with E-state index >= 15 is 0 Å². The summed E-state index contributed by atoms with van der Waals surface area (Å²) in [6.45, 7) is 4.65. The first-order valence-corrected chi connectivity index (χ1v) is 9.32. The number of carbonyl (C=O) groups excluding carboxylic acids is 1. The molecule has 0 fully saturated rings. The van der Waals surface area contributed by atoms with E-state index in [0.717, 1.165) is 25.5 Å². The number of fused-ring (bicyclic) bond motifs is 1. The molecule has 2 N–H and O–H groups in total. The van der Waals surface area contributed by atoms with Crippen LogP contribution in [0, 0.1) is 5.82 Å². The lowest BCUT2D eigenvalue weighted by molar-refractivity contribution is -0.120. The molecule has 0 saturated carbocycles. The quantitative estimate of drug-likeness (QED) is 0.280. The number of benzene rings is 2. The molecule has 0 saturated heterocycles. The van der Waals surface area contributed by atoms with Gasteiger partial charge in [-0.1, -0.05) is 30.3 Å². The van der Waals surface area contributed by atoms with Gasteiger partial charge in [-0.15, -0.1) is 24.0 Å². The van der Waals surface area contributed by atoms with Crippen molar-refractivity contribution in [3.63, 3.8) is 0 Å². The Morgan fingerprint density at radius 2 is 2.00 bits per heavy atom. The SMILES string of the molecule is CCNC(=NCCNC(=O)Cc1cccc(F)c1)N1CCc2ccccc21.I. The first kappa shape index (κ1) is 22.1. The highest BCUT2D eigenvalue weighted by Crippen LogP contribution is 2.27. The number of carbonyl (C=O) groups is 1. The van der Waals surface area contributed by atoms with Gasteiger partial charge in [-0.25, -0.2) is 4.39 Å². The smallest absolute Gasteiger partial charge is 0.224 e. The summed E-state index contributed by atoms with van der Waals surface area (Å²) in [5, 5.41) is 6.16. The van der Waals surface area contributed by atoms with Crippen molar-refractivity contribution in [3.05, 3.63) is 65.5 Å².